The topological polar surface area (TPSA) is 49.9 Å². The summed E-state index contributed by atoms with van der Waals surface area (Å²) in [6, 6.07) is 7.20. The second kappa shape index (κ2) is 8.55. The summed E-state index contributed by atoms with van der Waals surface area (Å²) >= 11 is 0. The molecule has 1 saturated heterocycles. The number of benzene rings is 2. The Labute approximate surface area is 166 Å². The molecular formula is C21H21F3N2O3. The standard InChI is InChI=1S/C21H21F3N2O3/c1-13-3-4-15(11-14(13)2)29-12-18(27)25-7-9-26(10-8-25)21(28)16-5-6-17(22)20(24)19(16)23/h3-6,11H,7-10,12H2,1-2H3. The maximum Gasteiger partial charge on any atom is 0.260 e. The van der Waals surface area contributed by atoms with Gasteiger partial charge in [-0.2, -0.15) is 0 Å². The minimum absolute atomic E-state index is 0.131. The van der Waals surface area contributed by atoms with E-state index in [-0.39, 0.29) is 38.7 Å². The van der Waals surface area contributed by atoms with E-state index >= 15 is 0 Å². The summed E-state index contributed by atoms with van der Waals surface area (Å²) in [5, 5.41) is 0. The highest BCUT2D eigenvalue weighted by Gasteiger charge is 2.28. The number of piperazine rings is 1. The van der Waals surface area contributed by atoms with E-state index in [1.165, 1.54) is 4.90 Å². The van der Waals surface area contributed by atoms with Gasteiger partial charge in [-0.15, -0.1) is 0 Å². The number of carbonyl (C=O) groups is 2. The molecule has 0 N–H and O–H groups in total. The Hall–Kier alpha value is -3.03. The van der Waals surface area contributed by atoms with Crippen LogP contribution in [-0.4, -0.2) is 54.4 Å². The van der Waals surface area contributed by atoms with Crippen molar-refractivity contribution in [3.05, 3.63) is 64.5 Å². The molecule has 1 fully saturated rings. The average Bonchev–Trinajstić information content (AvgIpc) is 2.72. The third-order valence-electron chi connectivity index (χ3n) is 5.03. The van der Waals surface area contributed by atoms with Gasteiger partial charge in [0.25, 0.3) is 11.8 Å². The van der Waals surface area contributed by atoms with Crippen LogP contribution in [-0.2, 0) is 4.79 Å². The summed E-state index contributed by atoms with van der Waals surface area (Å²) in [6.07, 6.45) is 0. The van der Waals surface area contributed by atoms with Crippen molar-refractivity contribution in [3.8, 4) is 5.75 Å². The smallest absolute Gasteiger partial charge is 0.260 e. The molecule has 1 aliphatic rings. The molecule has 29 heavy (non-hydrogen) atoms. The Morgan fingerprint density at radius 3 is 2.21 bits per heavy atom. The quantitative estimate of drug-likeness (QED) is 0.734. The van der Waals surface area contributed by atoms with E-state index in [1.807, 2.05) is 26.0 Å². The Morgan fingerprint density at radius 2 is 1.55 bits per heavy atom. The molecule has 0 radical (unpaired) electrons. The molecular weight excluding hydrogens is 385 g/mol. The Morgan fingerprint density at radius 1 is 0.897 bits per heavy atom. The van der Waals surface area contributed by atoms with Gasteiger partial charge in [0.05, 0.1) is 5.56 Å². The van der Waals surface area contributed by atoms with Gasteiger partial charge < -0.3 is 14.5 Å². The maximum atomic E-state index is 13.8. The van der Waals surface area contributed by atoms with Gasteiger partial charge in [-0.25, -0.2) is 13.2 Å². The zero-order chi connectivity index (χ0) is 21.1. The maximum absolute atomic E-state index is 13.8. The lowest BCUT2D eigenvalue weighted by Crippen LogP contribution is -2.51. The van der Waals surface area contributed by atoms with Crippen molar-refractivity contribution in [3.63, 3.8) is 0 Å². The lowest BCUT2D eigenvalue weighted by molar-refractivity contribution is -0.134. The molecule has 154 valence electrons. The summed E-state index contributed by atoms with van der Waals surface area (Å²) in [6.45, 7) is 4.61. The molecule has 8 heteroatoms. The van der Waals surface area contributed by atoms with Crippen LogP contribution >= 0.6 is 0 Å². The van der Waals surface area contributed by atoms with Gasteiger partial charge in [0, 0.05) is 26.2 Å². The van der Waals surface area contributed by atoms with Crippen LogP contribution < -0.4 is 4.74 Å². The van der Waals surface area contributed by atoms with E-state index in [2.05, 4.69) is 0 Å². The molecule has 2 aromatic rings. The number of halogens is 3. The molecule has 3 rings (SSSR count). The summed E-state index contributed by atoms with van der Waals surface area (Å²) in [5.41, 5.74) is 1.66. The fraction of sp³-hybridized carbons (Fsp3) is 0.333. The van der Waals surface area contributed by atoms with E-state index in [1.54, 1.807) is 11.0 Å². The van der Waals surface area contributed by atoms with Crippen molar-refractivity contribution < 1.29 is 27.5 Å². The van der Waals surface area contributed by atoms with Crippen LogP contribution in [0.1, 0.15) is 21.5 Å². The highest BCUT2D eigenvalue weighted by Crippen LogP contribution is 2.19. The molecule has 2 aromatic carbocycles. The zero-order valence-corrected chi connectivity index (χ0v) is 16.2. The van der Waals surface area contributed by atoms with Crippen molar-refractivity contribution >= 4 is 11.8 Å². The molecule has 0 aliphatic carbocycles. The third-order valence-corrected chi connectivity index (χ3v) is 5.03. The molecule has 2 amide bonds. The van der Waals surface area contributed by atoms with Gasteiger partial charge >= 0.3 is 0 Å². The van der Waals surface area contributed by atoms with Crippen LogP contribution in [0.2, 0.25) is 0 Å². The van der Waals surface area contributed by atoms with Crippen LogP contribution in [0, 0.1) is 31.3 Å². The molecule has 1 heterocycles. The van der Waals surface area contributed by atoms with Gasteiger partial charge in [0.2, 0.25) is 0 Å². The van der Waals surface area contributed by atoms with Gasteiger partial charge in [-0.05, 0) is 49.2 Å². The lowest BCUT2D eigenvalue weighted by atomic mass is 10.1. The number of amides is 2. The minimum Gasteiger partial charge on any atom is -0.484 e. The monoisotopic (exact) mass is 406 g/mol. The third kappa shape index (κ3) is 4.52. The van der Waals surface area contributed by atoms with Crippen molar-refractivity contribution in [1.29, 1.82) is 0 Å². The fourth-order valence-electron chi connectivity index (χ4n) is 3.06. The molecule has 0 bridgehead atoms. The lowest BCUT2D eigenvalue weighted by Gasteiger charge is -2.34. The van der Waals surface area contributed by atoms with Crippen molar-refractivity contribution in [2.24, 2.45) is 0 Å². The molecule has 1 aliphatic heterocycles. The van der Waals surface area contributed by atoms with Gasteiger partial charge in [0.1, 0.15) is 5.75 Å². The van der Waals surface area contributed by atoms with Crippen LogP contribution in [0.3, 0.4) is 0 Å². The largest absolute Gasteiger partial charge is 0.484 e. The van der Waals surface area contributed by atoms with E-state index in [0.717, 1.165) is 23.3 Å². The van der Waals surface area contributed by atoms with Crippen LogP contribution in [0.15, 0.2) is 30.3 Å². The predicted molar refractivity (Wildman–Crippen MR) is 100 cm³/mol. The number of aryl methyl sites for hydroxylation is 2. The van der Waals surface area contributed by atoms with Crippen molar-refractivity contribution in [1.82, 2.24) is 9.80 Å². The van der Waals surface area contributed by atoms with Gasteiger partial charge in [-0.1, -0.05) is 6.07 Å². The number of hydrogen-bond donors (Lipinski definition) is 0. The first-order valence-corrected chi connectivity index (χ1v) is 9.18. The first-order chi connectivity index (χ1) is 13.8. The molecule has 0 atom stereocenters. The SMILES string of the molecule is Cc1ccc(OCC(=O)N2CCN(C(=O)c3ccc(F)c(F)c3F)CC2)cc1C. The highest BCUT2D eigenvalue weighted by atomic mass is 19.2. The van der Waals surface area contributed by atoms with Gasteiger partial charge in [0.15, 0.2) is 24.1 Å². The normalized spacial score (nSPS) is 14.1. The van der Waals surface area contributed by atoms with E-state index in [9.17, 15) is 22.8 Å². The molecule has 0 unspecified atom stereocenters. The summed E-state index contributed by atoms with van der Waals surface area (Å²) < 4.78 is 45.8. The van der Waals surface area contributed by atoms with Crippen molar-refractivity contribution in [2.45, 2.75) is 13.8 Å². The Kier molecular flexibility index (Phi) is 6.10. The van der Waals surface area contributed by atoms with Crippen LogP contribution in [0.25, 0.3) is 0 Å². The number of nitrogens with zero attached hydrogens (tertiary/aromatic N) is 2. The number of hydrogen-bond acceptors (Lipinski definition) is 3. The fourth-order valence-corrected chi connectivity index (χ4v) is 3.06. The Bertz CT molecular complexity index is 941. The number of rotatable bonds is 4. The summed E-state index contributed by atoms with van der Waals surface area (Å²) in [5.74, 6) is -4.89. The first kappa shape index (κ1) is 20.7. The average molecular weight is 406 g/mol. The summed E-state index contributed by atoms with van der Waals surface area (Å²) in [4.78, 5) is 27.6. The second-order valence-corrected chi connectivity index (χ2v) is 6.93. The molecule has 0 spiro atoms. The van der Waals surface area contributed by atoms with E-state index in [4.69, 9.17) is 4.74 Å². The number of carbonyl (C=O) groups excluding carboxylic acids is 2. The van der Waals surface area contributed by atoms with E-state index < -0.39 is 28.9 Å². The molecule has 0 saturated carbocycles. The summed E-state index contributed by atoms with van der Waals surface area (Å²) in [7, 11) is 0. The second-order valence-electron chi connectivity index (χ2n) is 6.93. The minimum atomic E-state index is -1.67. The van der Waals surface area contributed by atoms with Crippen LogP contribution in [0.4, 0.5) is 13.2 Å². The highest BCUT2D eigenvalue weighted by molar-refractivity contribution is 5.94. The van der Waals surface area contributed by atoms with Crippen LogP contribution in [0.5, 0.6) is 5.75 Å². The van der Waals surface area contributed by atoms with E-state index in [0.29, 0.717) is 5.75 Å². The number of ether oxygens (including phenoxy) is 1. The zero-order valence-electron chi connectivity index (χ0n) is 16.2. The Balaban J connectivity index is 1.54. The van der Waals surface area contributed by atoms with Gasteiger partial charge in [-0.3, -0.25) is 9.59 Å². The predicted octanol–water partition coefficient (Wildman–Crippen LogP) is 3.08. The first-order valence-electron chi connectivity index (χ1n) is 9.18. The molecule has 0 aromatic heterocycles. The molecule has 5 nitrogen and oxygen atoms in total. The van der Waals surface area contributed by atoms with Crippen molar-refractivity contribution in [2.75, 3.05) is 32.8 Å².